The minimum absolute atomic E-state index is 0.471. The van der Waals surface area contributed by atoms with E-state index in [0.29, 0.717) is 0 Å². The molecular formula is C6H9F3O4. The predicted molar refractivity (Wildman–Crippen MR) is 35.0 cm³/mol. The molecule has 0 aliphatic carbocycles. The van der Waals surface area contributed by atoms with E-state index in [1.54, 1.807) is 0 Å². The lowest BCUT2D eigenvalue weighted by Crippen LogP contribution is -2.24. The molecule has 4 nitrogen and oxygen atoms in total. The molecule has 0 fully saturated rings. The van der Waals surface area contributed by atoms with Crippen LogP contribution in [0.15, 0.2) is 0 Å². The number of aliphatic hydroxyl groups excluding tert-OH is 1. The third-order valence-corrected chi connectivity index (χ3v) is 0.908. The molecule has 0 spiro atoms. The van der Waals surface area contributed by atoms with Gasteiger partial charge >= 0.3 is 12.3 Å². The van der Waals surface area contributed by atoms with Crippen molar-refractivity contribution in [1.82, 2.24) is 0 Å². The molecule has 0 radical (unpaired) electrons. The van der Waals surface area contributed by atoms with Crippen molar-refractivity contribution in [2.75, 3.05) is 13.2 Å². The predicted octanol–water partition coefficient (Wildman–Crippen LogP) is 1.08. The monoisotopic (exact) mass is 202 g/mol. The van der Waals surface area contributed by atoms with Crippen LogP contribution in [0, 0.1) is 0 Å². The number of alkyl halides is 3. The van der Waals surface area contributed by atoms with E-state index in [0.717, 1.165) is 0 Å². The molecule has 0 saturated carbocycles. The summed E-state index contributed by atoms with van der Waals surface area (Å²) in [7, 11) is 0. The first-order valence-electron chi connectivity index (χ1n) is 3.36. The maximum absolute atomic E-state index is 11.5. The van der Waals surface area contributed by atoms with Crippen LogP contribution < -0.4 is 0 Å². The molecule has 0 rings (SSSR count). The standard InChI is InChI=1S/C6H9F3O4/c1-4(2-10)13-5(11)12-3-6(7,8)9/h4,10H,2-3H2,1H3/t4-/m1/s1. The molecule has 0 unspecified atom stereocenters. The van der Waals surface area contributed by atoms with Gasteiger partial charge in [-0.2, -0.15) is 13.2 Å². The van der Waals surface area contributed by atoms with Gasteiger partial charge in [0.15, 0.2) is 6.61 Å². The first-order valence-corrected chi connectivity index (χ1v) is 3.36. The Hall–Kier alpha value is -0.980. The van der Waals surface area contributed by atoms with Crippen molar-refractivity contribution < 1.29 is 32.5 Å². The molecule has 78 valence electrons. The van der Waals surface area contributed by atoms with Gasteiger partial charge in [0.1, 0.15) is 6.10 Å². The van der Waals surface area contributed by atoms with Crippen molar-refractivity contribution in [1.29, 1.82) is 0 Å². The molecule has 0 aromatic heterocycles. The molecule has 0 bridgehead atoms. The molecule has 0 aliphatic rings. The molecule has 13 heavy (non-hydrogen) atoms. The zero-order valence-electron chi connectivity index (χ0n) is 6.80. The van der Waals surface area contributed by atoms with Crippen molar-refractivity contribution in [3.63, 3.8) is 0 Å². The van der Waals surface area contributed by atoms with E-state index in [1.165, 1.54) is 6.92 Å². The van der Waals surface area contributed by atoms with E-state index in [9.17, 15) is 18.0 Å². The number of halogens is 3. The summed E-state index contributed by atoms with van der Waals surface area (Å²) < 4.78 is 42.2. The molecule has 0 aromatic carbocycles. The average Bonchev–Trinajstić information content (AvgIpc) is 1.99. The van der Waals surface area contributed by atoms with E-state index in [-0.39, 0.29) is 0 Å². The summed E-state index contributed by atoms with van der Waals surface area (Å²) in [5.74, 6) is 0. The minimum Gasteiger partial charge on any atom is -0.429 e. The summed E-state index contributed by atoms with van der Waals surface area (Å²) in [6.45, 7) is -0.847. The van der Waals surface area contributed by atoms with Crippen LogP contribution in [0.3, 0.4) is 0 Å². The summed E-state index contributed by atoms with van der Waals surface area (Å²) >= 11 is 0. The third kappa shape index (κ3) is 7.38. The van der Waals surface area contributed by atoms with E-state index in [1.807, 2.05) is 0 Å². The van der Waals surface area contributed by atoms with Gasteiger partial charge in [0.25, 0.3) is 0 Å². The zero-order valence-corrected chi connectivity index (χ0v) is 6.80. The van der Waals surface area contributed by atoms with Crippen LogP contribution in [0.5, 0.6) is 0 Å². The SMILES string of the molecule is C[C@H](CO)OC(=O)OCC(F)(F)F. The minimum atomic E-state index is -4.57. The molecule has 0 aromatic rings. The molecule has 0 saturated heterocycles. The largest absolute Gasteiger partial charge is 0.508 e. The van der Waals surface area contributed by atoms with Crippen LogP contribution in [0.1, 0.15) is 6.92 Å². The van der Waals surface area contributed by atoms with Crippen molar-refractivity contribution >= 4 is 6.16 Å². The third-order valence-electron chi connectivity index (χ3n) is 0.908. The molecule has 7 heteroatoms. The Morgan fingerprint density at radius 2 is 2.08 bits per heavy atom. The van der Waals surface area contributed by atoms with Crippen LogP contribution in [0.2, 0.25) is 0 Å². The highest BCUT2D eigenvalue weighted by atomic mass is 19.4. The maximum atomic E-state index is 11.5. The zero-order chi connectivity index (χ0) is 10.5. The van der Waals surface area contributed by atoms with Crippen LogP contribution in [-0.2, 0) is 9.47 Å². The molecule has 1 atom stereocenters. The second-order valence-corrected chi connectivity index (χ2v) is 2.26. The average molecular weight is 202 g/mol. The molecule has 0 amide bonds. The number of rotatable bonds is 3. The Balaban J connectivity index is 3.64. The van der Waals surface area contributed by atoms with Gasteiger partial charge < -0.3 is 14.6 Å². The van der Waals surface area contributed by atoms with Crippen molar-refractivity contribution in [3.05, 3.63) is 0 Å². The lowest BCUT2D eigenvalue weighted by molar-refractivity contribution is -0.167. The Morgan fingerprint density at radius 1 is 1.54 bits per heavy atom. The highest BCUT2D eigenvalue weighted by Crippen LogP contribution is 2.14. The summed E-state index contributed by atoms with van der Waals surface area (Å²) in [4.78, 5) is 10.4. The topological polar surface area (TPSA) is 55.8 Å². The number of hydrogen-bond acceptors (Lipinski definition) is 4. The lowest BCUT2D eigenvalue weighted by Gasteiger charge is -2.11. The van der Waals surface area contributed by atoms with Crippen LogP contribution in [0.4, 0.5) is 18.0 Å². The van der Waals surface area contributed by atoms with Gasteiger partial charge in [-0.3, -0.25) is 0 Å². The normalized spacial score (nSPS) is 13.6. The first-order chi connectivity index (χ1) is 5.85. The van der Waals surface area contributed by atoms with Crippen molar-refractivity contribution in [3.8, 4) is 0 Å². The fourth-order valence-corrected chi connectivity index (χ4v) is 0.376. The second-order valence-electron chi connectivity index (χ2n) is 2.26. The first kappa shape index (κ1) is 12.0. The van der Waals surface area contributed by atoms with Gasteiger partial charge in [-0.25, -0.2) is 4.79 Å². The molecule has 0 aliphatic heterocycles. The van der Waals surface area contributed by atoms with E-state index in [4.69, 9.17) is 5.11 Å². The number of carbonyl (C=O) groups excluding carboxylic acids is 1. The van der Waals surface area contributed by atoms with E-state index in [2.05, 4.69) is 9.47 Å². The van der Waals surface area contributed by atoms with Crippen molar-refractivity contribution in [2.45, 2.75) is 19.2 Å². The second kappa shape index (κ2) is 4.90. The number of carbonyl (C=O) groups is 1. The van der Waals surface area contributed by atoms with Crippen LogP contribution >= 0.6 is 0 Å². The van der Waals surface area contributed by atoms with Gasteiger partial charge in [-0.05, 0) is 6.92 Å². The Bertz CT molecular complexity index is 168. The quantitative estimate of drug-likeness (QED) is 0.696. The Labute approximate surface area is 72.2 Å². The van der Waals surface area contributed by atoms with Gasteiger partial charge in [-0.1, -0.05) is 0 Å². The van der Waals surface area contributed by atoms with E-state index >= 15 is 0 Å². The van der Waals surface area contributed by atoms with Crippen LogP contribution in [0.25, 0.3) is 0 Å². The van der Waals surface area contributed by atoms with Crippen LogP contribution in [-0.4, -0.2) is 36.8 Å². The molecule has 0 heterocycles. The fraction of sp³-hybridized carbons (Fsp3) is 0.833. The number of hydrogen-bond donors (Lipinski definition) is 1. The highest BCUT2D eigenvalue weighted by Gasteiger charge is 2.30. The maximum Gasteiger partial charge on any atom is 0.508 e. The molecular weight excluding hydrogens is 193 g/mol. The Kier molecular flexibility index (Phi) is 4.53. The Morgan fingerprint density at radius 3 is 2.46 bits per heavy atom. The lowest BCUT2D eigenvalue weighted by atomic mass is 10.4. The smallest absolute Gasteiger partial charge is 0.429 e. The molecule has 1 N–H and O–H groups in total. The number of aliphatic hydroxyl groups is 1. The summed E-state index contributed by atoms with van der Waals surface area (Å²) in [6, 6.07) is 0. The van der Waals surface area contributed by atoms with Gasteiger partial charge in [0.05, 0.1) is 6.61 Å². The summed E-state index contributed by atoms with van der Waals surface area (Å²) in [5, 5.41) is 8.36. The summed E-state index contributed by atoms with van der Waals surface area (Å²) in [6.07, 6.45) is -6.89. The highest BCUT2D eigenvalue weighted by molar-refractivity contribution is 5.60. The fourth-order valence-electron chi connectivity index (χ4n) is 0.376. The van der Waals surface area contributed by atoms with Gasteiger partial charge in [-0.15, -0.1) is 0 Å². The van der Waals surface area contributed by atoms with Gasteiger partial charge in [0, 0.05) is 0 Å². The van der Waals surface area contributed by atoms with Gasteiger partial charge in [0.2, 0.25) is 0 Å². The van der Waals surface area contributed by atoms with E-state index < -0.39 is 31.6 Å². The summed E-state index contributed by atoms with van der Waals surface area (Å²) in [5.41, 5.74) is 0. The number of ether oxygens (including phenoxy) is 2. The van der Waals surface area contributed by atoms with Crippen molar-refractivity contribution in [2.24, 2.45) is 0 Å².